The lowest BCUT2D eigenvalue weighted by Crippen LogP contribution is -2.36. The molecule has 3 amide bonds. The van der Waals surface area contributed by atoms with Crippen molar-refractivity contribution in [1.82, 2.24) is 20.0 Å². The van der Waals surface area contributed by atoms with E-state index in [0.717, 1.165) is 17.8 Å². The van der Waals surface area contributed by atoms with Gasteiger partial charge in [-0.3, -0.25) is 24.4 Å². The summed E-state index contributed by atoms with van der Waals surface area (Å²) in [5.41, 5.74) is 1.39. The third-order valence-corrected chi connectivity index (χ3v) is 4.80. The van der Waals surface area contributed by atoms with Gasteiger partial charge in [-0.2, -0.15) is 5.10 Å². The van der Waals surface area contributed by atoms with Crippen molar-refractivity contribution in [3.8, 4) is 0 Å². The number of hydrogen-bond donors (Lipinski definition) is 1. The maximum Gasteiger partial charge on any atom is 0.235 e. The van der Waals surface area contributed by atoms with Gasteiger partial charge in [-0.15, -0.1) is 0 Å². The summed E-state index contributed by atoms with van der Waals surface area (Å²) < 4.78 is 1.91. The van der Waals surface area contributed by atoms with Gasteiger partial charge >= 0.3 is 0 Å². The van der Waals surface area contributed by atoms with Crippen molar-refractivity contribution < 1.29 is 14.4 Å². The second kappa shape index (κ2) is 5.79. The molecular weight excluding hydrogens is 296 g/mol. The Morgan fingerprint density at radius 2 is 2.17 bits per heavy atom. The lowest BCUT2D eigenvalue weighted by molar-refractivity contribution is -0.131. The van der Waals surface area contributed by atoms with E-state index in [0.29, 0.717) is 32.5 Å². The van der Waals surface area contributed by atoms with Crippen molar-refractivity contribution in [2.24, 2.45) is 5.41 Å². The lowest BCUT2D eigenvalue weighted by Gasteiger charge is -2.20. The van der Waals surface area contributed by atoms with Gasteiger partial charge < -0.3 is 4.90 Å². The average molecular weight is 318 g/mol. The molecule has 124 valence electrons. The Balaban J connectivity index is 1.51. The summed E-state index contributed by atoms with van der Waals surface area (Å²) >= 11 is 0. The minimum atomic E-state index is -0.678. The van der Waals surface area contributed by atoms with Crippen molar-refractivity contribution in [3.05, 3.63) is 17.5 Å². The largest absolute Gasteiger partial charge is 0.342 e. The maximum atomic E-state index is 12.3. The number of carbonyl (C=O) groups excluding carboxylic acids is 3. The molecule has 1 N–H and O–H groups in total. The highest BCUT2D eigenvalue weighted by molar-refractivity contribution is 6.06. The molecule has 3 rings (SSSR count). The zero-order valence-corrected chi connectivity index (χ0v) is 13.6. The van der Waals surface area contributed by atoms with Gasteiger partial charge in [0.15, 0.2) is 0 Å². The predicted molar refractivity (Wildman–Crippen MR) is 82.3 cm³/mol. The zero-order valence-electron chi connectivity index (χ0n) is 13.6. The zero-order chi connectivity index (χ0) is 16.6. The van der Waals surface area contributed by atoms with Crippen LogP contribution in [0.25, 0.3) is 0 Å². The van der Waals surface area contributed by atoms with E-state index in [4.69, 9.17) is 0 Å². The number of hydrogen-bond acceptors (Lipinski definition) is 4. The average Bonchev–Trinajstić information content (AvgIpc) is 3.11. The number of amides is 3. The molecular formula is C16H22N4O3. The first-order chi connectivity index (χ1) is 10.9. The van der Waals surface area contributed by atoms with E-state index < -0.39 is 5.41 Å². The van der Waals surface area contributed by atoms with Crippen molar-refractivity contribution in [2.75, 3.05) is 13.1 Å². The molecule has 0 bridgehead atoms. The van der Waals surface area contributed by atoms with Crippen LogP contribution in [-0.2, 0) is 20.9 Å². The van der Waals surface area contributed by atoms with Crippen molar-refractivity contribution in [1.29, 1.82) is 0 Å². The molecule has 1 aromatic heterocycles. The first-order valence-electron chi connectivity index (χ1n) is 8.03. The molecule has 0 saturated carbocycles. The Kier molecular flexibility index (Phi) is 3.95. The second-order valence-corrected chi connectivity index (χ2v) is 6.65. The summed E-state index contributed by atoms with van der Waals surface area (Å²) in [7, 11) is 0. The van der Waals surface area contributed by atoms with Gasteiger partial charge in [0.1, 0.15) is 0 Å². The molecule has 2 aliphatic rings. The first kappa shape index (κ1) is 15.7. The van der Waals surface area contributed by atoms with Gasteiger partial charge in [0, 0.05) is 38.2 Å². The first-order valence-corrected chi connectivity index (χ1v) is 8.03. The van der Waals surface area contributed by atoms with E-state index in [1.54, 1.807) is 4.90 Å². The Morgan fingerprint density at radius 3 is 2.78 bits per heavy atom. The normalized spacial score (nSPS) is 23.8. The Bertz CT molecular complexity index is 666. The SMILES string of the molecule is Cc1cc(C)n(CCCC(=O)N2CC[C@]3(CC(=O)NC3=O)C2)n1. The fraction of sp³-hybridized carbons (Fsp3) is 0.625. The highest BCUT2D eigenvalue weighted by atomic mass is 16.2. The van der Waals surface area contributed by atoms with E-state index in [2.05, 4.69) is 10.4 Å². The molecule has 3 heterocycles. The predicted octanol–water partition coefficient (Wildman–Crippen LogP) is 0.545. The molecule has 1 spiro atoms. The lowest BCUT2D eigenvalue weighted by atomic mass is 9.85. The maximum absolute atomic E-state index is 12.3. The van der Waals surface area contributed by atoms with E-state index in [-0.39, 0.29) is 24.1 Å². The van der Waals surface area contributed by atoms with Crippen LogP contribution in [0.1, 0.15) is 37.1 Å². The molecule has 23 heavy (non-hydrogen) atoms. The summed E-state index contributed by atoms with van der Waals surface area (Å²) in [4.78, 5) is 37.4. The van der Waals surface area contributed by atoms with Crippen LogP contribution in [0.5, 0.6) is 0 Å². The third kappa shape index (κ3) is 3.00. The number of carbonyl (C=O) groups is 3. The van der Waals surface area contributed by atoms with Gasteiger partial charge in [0.05, 0.1) is 11.1 Å². The van der Waals surface area contributed by atoms with Crippen LogP contribution in [0.15, 0.2) is 6.07 Å². The van der Waals surface area contributed by atoms with E-state index in [1.165, 1.54) is 0 Å². The minimum absolute atomic E-state index is 0.0514. The smallest absolute Gasteiger partial charge is 0.235 e. The van der Waals surface area contributed by atoms with E-state index >= 15 is 0 Å². The van der Waals surface area contributed by atoms with Crippen LogP contribution in [0.2, 0.25) is 0 Å². The molecule has 0 aromatic carbocycles. The molecule has 7 nitrogen and oxygen atoms in total. The second-order valence-electron chi connectivity index (χ2n) is 6.65. The van der Waals surface area contributed by atoms with Crippen LogP contribution in [-0.4, -0.2) is 45.5 Å². The molecule has 0 aliphatic carbocycles. The molecule has 2 fully saturated rings. The Morgan fingerprint density at radius 1 is 1.39 bits per heavy atom. The minimum Gasteiger partial charge on any atom is -0.342 e. The van der Waals surface area contributed by atoms with Gasteiger partial charge in [0.25, 0.3) is 0 Å². The topological polar surface area (TPSA) is 84.3 Å². The monoisotopic (exact) mass is 318 g/mol. The number of nitrogens with one attached hydrogen (secondary N) is 1. The van der Waals surface area contributed by atoms with Crippen molar-refractivity contribution in [2.45, 2.75) is 46.1 Å². The summed E-state index contributed by atoms with van der Waals surface area (Å²) in [5.74, 6) is -0.398. The standard InChI is InChI=1S/C16H22N4O3/c1-11-8-12(2)20(18-11)6-3-4-14(22)19-7-5-16(10-19)9-13(21)17-15(16)23/h8H,3-7,9-10H2,1-2H3,(H,17,21,23)/t16-/m0/s1. The van der Waals surface area contributed by atoms with Crippen molar-refractivity contribution >= 4 is 17.7 Å². The molecule has 0 unspecified atom stereocenters. The molecule has 0 radical (unpaired) electrons. The number of aromatic nitrogens is 2. The molecule has 2 aliphatic heterocycles. The van der Waals surface area contributed by atoms with Crippen LogP contribution in [0, 0.1) is 19.3 Å². The highest BCUT2D eigenvalue weighted by Gasteiger charge is 2.51. The Hall–Kier alpha value is -2.18. The molecule has 2 saturated heterocycles. The summed E-state index contributed by atoms with van der Waals surface area (Å²) in [5, 5.41) is 6.74. The Labute approximate surface area is 135 Å². The van der Waals surface area contributed by atoms with Crippen LogP contribution >= 0.6 is 0 Å². The summed E-state index contributed by atoms with van der Waals surface area (Å²) in [6.45, 7) is 5.58. The van der Waals surface area contributed by atoms with Gasteiger partial charge in [-0.05, 0) is 32.8 Å². The number of aryl methyl sites for hydroxylation is 3. The summed E-state index contributed by atoms with van der Waals surface area (Å²) in [6.07, 6.45) is 1.94. The molecule has 1 atom stereocenters. The third-order valence-electron chi connectivity index (χ3n) is 4.80. The number of imide groups is 1. The van der Waals surface area contributed by atoms with Crippen LogP contribution in [0.3, 0.4) is 0 Å². The van der Waals surface area contributed by atoms with Crippen LogP contribution in [0.4, 0.5) is 0 Å². The number of rotatable bonds is 4. The number of likely N-dealkylation sites (tertiary alicyclic amines) is 1. The molecule has 1 aromatic rings. The fourth-order valence-electron chi connectivity index (χ4n) is 3.55. The quantitative estimate of drug-likeness (QED) is 0.822. The van der Waals surface area contributed by atoms with E-state index in [1.807, 2.05) is 24.6 Å². The van der Waals surface area contributed by atoms with Crippen molar-refractivity contribution in [3.63, 3.8) is 0 Å². The van der Waals surface area contributed by atoms with Gasteiger partial charge in [0.2, 0.25) is 17.7 Å². The van der Waals surface area contributed by atoms with Gasteiger partial charge in [-0.25, -0.2) is 0 Å². The fourth-order valence-corrected chi connectivity index (χ4v) is 3.55. The van der Waals surface area contributed by atoms with E-state index in [9.17, 15) is 14.4 Å². The highest BCUT2D eigenvalue weighted by Crippen LogP contribution is 2.37. The number of nitrogens with zero attached hydrogens (tertiary/aromatic N) is 3. The van der Waals surface area contributed by atoms with Crippen LogP contribution < -0.4 is 5.32 Å². The molecule has 7 heteroatoms. The van der Waals surface area contributed by atoms with Gasteiger partial charge in [-0.1, -0.05) is 0 Å². The summed E-state index contributed by atoms with van der Waals surface area (Å²) in [6, 6.07) is 2.02.